The molecule has 1 N–H and O–H groups in total. The lowest BCUT2D eigenvalue weighted by Crippen LogP contribution is -2.12. The van der Waals surface area contributed by atoms with Crippen LogP contribution in [0.25, 0.3) is 5.69 Å². The molecule has 1 heterocycles. The predicted molar refractivity (Wildman–Crippen MR) is 70.7 cm³/mol. The van der Waals surface area contributed by atoms with Gasteiger partial charge in [-0.1, -0.05) is 30.7 Å². The first-order valence-electron chi connectivity index (χ1n) is 5.73. The maximum Gasteiger partial charge on any atom is 0.0834 e. The van der Waals surface area contributed by atoms with Gasteiger partial charge in [-0.15, -0.1) is 0 Å². The van der Waals surface area contributed by atoms with E-state index in [4.69, 9.17) is 11.6 Å². The lowest BCUT2D eigenvalue weighted by Gasteiger charge is -2.07. The van der Waals surface area contributed by atoms with Crippen LogP contribution in [0.4, 0.5) is 0 Å². The molecular formula is C13H16ClN3. The van der Waals surface area contributed by atoms with Gasteiger partial charge in [0, 0.05) is 17.8 Å². The third-order valence-corrected chi connectivity index (χ3v) is 3.08. The molecule has 4 heteroatoms. The number of benzene rings is 1. The number of aromatic nitrogens is 2. The summed E-state index contributed by atoms with van der Waals surface area (Å²) in [4.78, 5) is 0. The van der Waals surface area contributed by atoms with Crippen LogP contribution in [-0.2, 0) is 6.54 Å². The molecule has 2 rings (SSSR count). The maximum absolute atomic E-state index is 6.17. The van der Waals surface area contributed by atoms with Crippen molar-refractivity contribution in [3.63, 3.8) is 0 Å². The van der Waals surface area contributed by atoms with Crippen molar-refractivity contribution in [2.24, 2.45) is 0 Å². The lowest BCUT2D eigenvalue weighted by atomic mass is 10.2. The van der Waals surface area contributed by atoms with E-state index in [0.717, 1.165) is 24.5 Å². The van der Waals surface area contributed by atoms with E-state index in [2.05, 4.69) is 24.3 Å². The molecule has 1 aromatic heterocycles. The Labute approximate surface area is 106 Å². The molecule has 0 amide bonds. The minimum absolute atomic E-state index is 0.716. The lowest BCUT2D eigenvalue weighted by molar-refractivity contribution is 0.721. The van der Waals surface area contributed by atoms with E-state index in [1.54, 1.807) is 0 Å². The SMILES string of the molecule is CCNCc1cnn(-c2ccccc2Cl)c1C. The molecule has 0 saturated heterocycles. The summed E-state index contributed by atoms with van der Waals surface area (Å²) in [6.45, 7) is 5.94. The van der Waals surface area contributed by atoms with E-state index in [9.17, 15) is 0 Å². The highest BCUT2D eigenvalue weighted by Crippen LogP contribution is 2.21. The Balaban J connectivity index is 2.34. The summed E-state index contributed by atoms with van der Waals surface area (Å²) in [6.07, 6.45) is 1.89. The molecule has 0 aliphatic carbocycles. The summed E-state index contributed by atoms with van der Waals surface area (Å²) in [5.74, 6) is 0. The fraction of sp³-hybridized carbons (Fsp3) is 0.308. The number of nitrogens with zero attached hydrogens (tertiary/aromatic N) is 2. The third kappa shape index (κ3) is 2.51. The van der Waals surface area contributed by atoms with Gasteiger partial charge in [-0.25, -0.2) is 4.68 Å². The molecule has 17 heavy (non-hydrogen) atoms. The van der Waals surface area contributed by atoms with Crippen LogP contribution in [0.2, 0.25) is 5.02 Å². The first kappa shape index (κ1) is 12.1. The minimum atomic E-state index is 0.716. The van der Waals surface area contributed by atoms with Crippen LogP contribution >= 0.6 is 11.6 Å². The Bertz CT molecular complexity index is 505. The summed E-state index contributed by atoms with van der Waals surface area (Å²) in [5.41, 5.74) is 3.25. The van der Waals surface area contributed by atoms with Gasteiger partial charge in [-0.2, -0.15) is 5.10 Å². The summed E-state index contributed by atoms with van der Waals surface area (Å²) in [7, 11) is 0. The van der Waals surface area contributed by atoms with E-state index in [1.807, 2.05) is 35.1 Å². The summed E-state index contributed by atoms with van der Waals surface area (Å²) in [6, 6.07) is 7.73. The van der Waals surface area contributed by atoms with Crippen LogP contribution in [0.5, 0.6) is 0 Å². The summed E-state index contributed by atoms with van der Waals surface area (Å²) >= 11 is 6.17. The molecule has 2 aromatic rings. The summed E-state index contributed by atoms with van der Waals surface area (Å²) < 4.78 is 1.88. The van der Waals surface area contributed by atoms with E-state index >= 15 is 0 Å². The first-order chi connectivity index (χ1) is 8.24. The number of hydrogen-bond donors (Lipinski definition) is 1. The molecule has 0 bridgehead atoms. The third-order valence-electron chi connectivity index (χ3n) is 2.76. The van der Waals surface area contributed by atoms with E-state index < -0.39 is 0 Å². The van der Waals surface area contributed by atoms with Crippen molar-refractivity contribution < 1.29 is 0 Å². The predicted octanol–water partition coefficient (Wildman–Crippen LogP) is 2.94. The second-order valence-electron chi connectivity index (χ2n) is 3.90. The normalized spacial score (nSPS) is 10.8. The molecule has 0 unspecified atom stereocenters. The molecule has 0 atom stereocenters. The van der Waals surface area contributed by atoms with Crippen LogP contribution in [0, 0.1) is 6.92 Å². The molecule has 3 nitrogen and oxygen atoms in total. The van der Waals surface area contributed by atoms with Crippen molar-refractivity contribution >= 4 is 11.6 Å². The highest BCUT2D eigenvalue weighted by atomic mass is 35.5. The highest BCUT2D eigenvalue weighted by molar-refractivity contribution is 6.32. The van der Waals surface area contributed by atoms with E-state index in [0.29, 0.717) is 5.02 Å². The number of halogens is 1. The fourth-order valence-electron chi connectivity index (χ4n) is 1.74. The molecular weight excluding hydrogens is 234 g/mol. The zero-order valence-corrected chi connectivity index (χ0v) is 10.8. The number of rotatable bonds is 4. The van der Waals surface area contributed by atoms with Crippen molar-refractivity contribution in [1.29, 1.82) is 0 Å². The van der Waals surface area contributed by atoms with Gasteiger partial charge in [0.05, 0.1) is 16.9 Å². The van der Waals surface area contributed by atoms with Crippen LogP contribution in [0.3, 0.4) is 0 Å². The Morgan fingerprint density at radius 1 is 1.35 bits per heavy atom. The van der Waals surface area contributed by atoms with Gasteiger partial charge in [-0.05, 0) is 25.6 Å². The zero-order chi connectivity index (χ0) is 12.3. The smallest absolute Gasteiger partial charge is 0.0834 e. The van der Waals surface area contributed by atoms with Gasteiger partial charge in [0.2, 0.25) is 0 Å². The van der Waals surface area contributed by atoms with Crippen LogP contribution in [0.15, 0.2) is 30.5 Å². The monoisotopic (exact) mass is 249 g/mol. The Morgan fingerprint density at radius 2 is 2.12 bits per heavy atom. The van der Waals surface area contributed by atoms with Gasteiger partial charge >= 0.3 is 0 Å². The van der Waals surface area contributed by atoms with E-state index in [1.165, 1.54) is 5.56 Å². The Kier molecular flexibility index (Phi) is 3.82. The van der Waals surface area contributed by atoms with Crippen molar-refractivity contribution in [3.05, 3.63) is 46.7 Å². The van der Waals surface area contributed by atoms with Gasteiger partial charge in [0.15, 0.2) is 0 Å². The molecule has 0 aliphatic heterocycles. The van der Waals surface area contributed by atoms with E-state index in [-0.39, 0.29) is 0 Å². The maximum atomic E-state index is 6.17. The molecule has 90 valence electrons. The number of para-hydroxylation sites is 1. The molecule has 0 fully saturated rings. The van der Waals surface area contributed by atoms with Gasteiger partial charge in [-0.3, -0.25) is 0 Å². The molecule has 0 radical (unpaired) electrons. The quantitative estimate of drug-likeness (QED) is 0.903. The topological polar surface area (TPSA) is 29.9 Å². The average Bonchev–Trinajstić information content (AvgIpc) is 2.69. The van der Waals surface area contributed by atoms with Gasteiger partial charge in [0.25, 0.3) is 0 Å². The number of nitrogens with one attached hydrogen (secondary N) is 1. The van der Waals surface area contributed by atoms with Crippen molar-refractivity contribution in [2.45, 2.75) is 20.4 Å². The van der Waals surface area contributed by atoms with Crippen molar-refractivity contribution in [2.75, 3.05) is 6.54 Å². The van der Waals surface area contributed by atoms with Gasteiger partial charge in [0.1, 0.15) is 0 Å². The standard InChI is InChI=1S/C13H16ClN3/c1-3-15-8-11-9-16-17(10(11)2)13-7-5-4-6-12(13)14/h4-7,9,15H,3,8H2,1-2H3. The molecule has 0 saturated carbocycles. The Hall–Kier alpha value is -1.32. The molecule has 0 aliphatic rings. The second kappa shape index (κ2) is 5.34. The van der Waals surface area contributed by atoms with Crippen molar-refractivity contribution in [3.8, 4) is 5.69 Å². The molecule has 1 aromatic carbocycles. The van der Waals surface area contributed by atoms with Crippen LogP contribution < -0.4 is 5.32 Å². The Morgan fingerprint density at radius 3 is 2.82 bits per heavy atom. The van der Waals surface area contributed by atoms with Crippen LogP contribution in [-0.4, -0.2) is 16.3 Å². The fourth-order valence-corrected chi connectivity index (χ4v) is 1.96. The highest BCUT2D eigenvalue weighted by Gasteiger charge is 2.09. The first-order valence-corrected chi connectivity index (χ1v) is 6.11. The van der Waals surface area contributed by atoms with Gasteiger partial charge < -0.3 is 5.32 Å². The van der Waals surface area contributed by atoms with Crippen LogP contribution in [0.1, 0.15) is 18.2 Å². The summed E-state index contributed by atoms with van der Waals surface area (Å²) in [5, 5.41) is 8.41. The number of hydrogen-bond acceptors (Lipinski definition) is 2. The van der Waals surface area contributed by atoms with Crippen molar-refractivity contribution in [1.82, 2.24) is 15.1 Å². The largest absolute Gasteiger partial charge is 0.313 e. The molecule has 0 spiro atoms. The average molecular weight is 250 g/mol. The second-order valence-corrected chi connectivity index (χ2v) is 4.31. The zero-order valence-electron chi connectivity index (χ0n) is 10.1. The minimum Gasteiger partial charge on any atom is -0.313 e.